The average molecular weight is 419 g/mol. The molecule has 0 aliphatic carbocycles. The minimum Gasteiger partial charge on any atom is -0.486 e. The summed E-state index contributed by atoms with van der Waals surface area (Å²) in [5.41, 5.74) is 4.85. The Hall–Kier alpha value is -3.55. The highest BCUT2D eigenvalue weighted by atomic mass is 16.6. The van der Waals surface area contributed by atoms with Gasteiger partial charge in [0.05, 0.1) is 17.1 Å². The van der Waals surface area contributed by atoms with Gasteiger partial charge in [-0.05, 0) is 42.2 Å². The van der Waals surface area contributed by atoms with E-state index >= 15 is 0 Å². The van der Waals surface area contributed by atoms with Gasteiger partial charge in [-0.2, -0.15) is 5.10 Å². The molecule has 1 aliphatic heterocycles. The van der Waals surface area contributed by atoms with Crippen molar-refractivity contribution < 1.29 is 9.47 Å². The molecule has 4 aromatic rings. The number of nitrogens with one attached hydrogen (secondary N) is 2. The number of nitrogens with zero attached hydrogens (tertiary/aromatic N) is 4. The first-order chi connectivity index (χ1) is 15.0. The van der Waals surface area contributed by atoms with E-state index in [4.69, 9.17) is 9.47 Å². The van der Waals surface area contributed by atoms with Crippen LogP contribution in [0.4, 0.5) is 5.82 Å². The van der Waals surface area contributed by atoms with Crippen molar-refractivity contribution in [2.75, 3.05) is 18.5 Å². The van der Waals surface area contributed by atoms with Crippen molar-refractivity contribution in [1.82, 2.24) is 24.7 Å². The minimum absolute atomic E-state index is 0.0452. The van der Waals surface area contributed by atoms with Gasteiger partial charge in [-0.1, -0.05) is 19.9 Å². The molecule has 0 unspecified atom stereocenters. The fourth-order valence-electron chi connectivity index (χ4n) is 4.09. The van der Waals surface area contributed by atoms with Gasteiger partial charge in [-0.3, -0.25) is 4.68 Å². The van der Waals surface area contributed by atoms with E-state index in [0.29, 0.717) is 19.1 Å². The molecule has 0 bridgehead atoms. The molecule has 1 atom stereocenters. The molecule has 160 valence electrons. The molecule has 0 spiro atoms. The van der Waals surface area contributed by atoms with Crippen molar-refractivity contribution in [2.45, 2.75) is 26.8 Å². The molecule has 0 amide bonds. The maximum atomic E-state index is 5.79. The molecule has 0 radical (unpaired) electrons. The summed E-state index contributed by atoms with van der Waals surface area (Å²) >= 11 is 0. The predicted octanol–water partition coefficient (Wildman–Crippen LogP) is 4.25. The molecule has 4 heterocycles. The summed E-state index contributed by atoms with van der Waals surface area (Å²) in [6, 6.07) is 8.24. The fraction of sp³-hybridized carbons (Fsp3) is 0.348. The first-order valence-electron chi connectivity index (χ1n) is 10.5. The number of rotatable bonds is 5. The molecular weight excluding hydrogens is 392 g/mol. The third-order valence-corrected chi connectivity index (χ3v) is 5.58. The smallest absolute Gasteiger partial charge is 0.161 e. The highest BCUT2D eigenvalue weighted by molar-refractivity contribution is 5.91. The van der Waals surface area contributed by atoms with Crippen LogP contribution in [0.1, 0.15) is 31.0 Å². The topological polar surface area (TPSA) is 89.9 Å². The SMILES string of the molecule is Cc1cn(C)nc1-c1cc2c(N[C@@H](c3ccc4c(c3)OCCO4)C(C)C)ncnc2[nH]1. The summed E-state index contributed by atoms with van der Waals surface area (Å²) in [7, 11) is 1.92. The lowest BCUT2D eigenvalue weighted by Crippen LogP contribution is -2.19. The number of anilines is 1. The summed E-state index contributed by atoms with van der Waals surface area (Å²) in [5.74, 6) is 2.69. The Balaban J connectivity index is 1.51. The van der Waals surface area contributed by atoms with Crippen molar-refractivity contribution in [1.29, 1.82) is 0 Å². The van der Waals surface area contributed by atoms with Crippen LogP contribution in [-0.2, 0) is 7.05 Å². The van der Waals surface area contributed by atoms with E-state index in [2.05, 4.69) is 64.3 Å². The zero-order valence-electron chi connectivity index (χ0n) is 18.1. The maximum Gasteiger partial charge on any atom is 0.161 e. The van der Waals surface area contributed by atoms with E-state index in [0.717, 1.165) is 50.9 Å². The number of aromatic nitrogens is 5. The number of ether oxygens (including phenoxy) is 2. The van der Waals surface area contributed by atoms with Crippen molar-refractivity contribution in [2.24, 2.45) is 13.0 Å². The van der Waals surface area contributed by atoms with Crippen molar-refractivity contribution in [3.63, 3.8) is 0 Å². The highest BCUT2D eigenvalue weighted by Crippen LogP contribution is 2.36. The van der Waals surface area contributed by atoms with Gasteiger partial charge in [0, 0.05) is 13.2 Å². The normalized spacial score (nSPS) is 14.2. The van der Waals surface area contributed by atoms with Gasteiger partial charge in [0.15, 0.2) is 11.5 Å². The molecular formula is C23H26N6O2. The summed E-state index contributed by atoms with van der Waals surface area (Å²) in [6.07, 6.45) is 3.58. The van der Waals surface area contributed by atoms with E-state index in [1.54, 1.807) is 6.33 Å². The number of aryl methyl sites for hydroxylation is 2. The third kappa shape index (κ3) is 3.58. The lowest BCUT2D eigenvalue weighted by molar-refractivity contribution is 0.171. The van der Waals surface area contributed by atoms with Crippen LogP contribution >= 0.6 is 0 Å². The second-order valence-corrected chi connectivity index (χ2v) is 8.27. The van der Waals surface area contributed by atoms with Crippen LogP contribution in [0, 0.1) is 12.8 Å². The molecule has 3 aromatic heterocycles. The quantitative estimate of drug-likeness (QED) is 0.504. The zero-order chi connectivity index (χ0) is 21.5. The zero-order valence-corrected chi connectivity index (χ0v) is 18.1. The Morgan fingerprint density at radius 3 is 2.65 bits per heavy atom. The Morgan fingerprint density at radius 1 is 1.10 bits per heavy atom. The molecule has 0 saturated heterocycles. The Morgan fingerprint density at radius 2 is 1.90 bits per heavy atom. The minimum atomic E-state index is 0.0452. The summed E-state index contributed by atoms with van der Waals surface area (Å²) in [6.45, 7) is 7.58. The molecule has 8 nitrogen and oxygen atoms in total. The van der Waals surface area contributed by atoms with Crippen molar-refractivity contribution in [3.05, 3.63) is 47.9 Å². The van der Waals surface area contributed by atoms with E-state index in [1.165, 1.54) is 0 Å². The first kappa shape index (κ1) is 19.4. The first-order valence-corrected chi connectivity index (χ1v) is 10.5. The monoisotopic (exact) mass is 418 g/mol. The van der Waals surface area contributed by atoms with Gasteiger partial charge in [0.25, 0.3) is 0 Å². The van der Waals surface area contributed by atoms with Gasteiger partial charge in [-0.15, -0.1) is 0 Å². The molecule has 1 aliphatic rings. The maximum absolute atomic E-state index is 5.79. The fourth-order valence-corrected chi connectivity index (χ4v) is 4.09. The summed E-state index contributed by atoms with van der Waals surface area (Å²) < 4.78 is 13.3. The molecule has 0 fully saturated rings. The second-order valence-electron chi connectivity index (χ2n) is 8.27. The molecule has 5 rings (SSSR count). The molecule has 31 heavy (non-hydrogen) atoms. The second kappa shape index (κ2) is 7.61. The van der Waals surface area contributed by atoms with Crippen molar-refractivity contribution in [3.8, 4) is 22.9 Å². The third-order valence-electron chi connectivity index (χ3n) is 5.58. The van der Waals surface area contributed by atoms with Crippen LogP contribution in [-0.4, -0.2) is 37.9 Å². The Kier molecular flexibility index (Phi) is 4.77. The van der Waals surface area contributed by atoms with Gasteiger partial charge in [0.2, 0.25) is 0 Å². The standard InChI is InChI=1S/C23H26N6O2/c1-13(2)20(15-5-6-18-19(9-15)31-8-7-30-18)27-23-16-10-17(26-22(16)24-12-25-23)21-14(3)11-29(4)28-21/h5-6,9-13,20H,7-8H2,1-4H3,(H2,24,25,26,27)/t20-/m1/s1. The number of fused-ring (bicyclic) bond motifs is 2. The average Bonchev–Trinajstić information content (AvgIpc) is 3.34. The number of H-pyrrole nitrogens is 1. The van der Waals surface area contributed by atoms with Crippen LogP contribution in [0.3, 0.4) is 0 Å². The van der Waals surface area contributed by atoms with Gasteiger partial charge in [-0.25, -0.2) is 9.97 Å². The lowest BCUT2D eigenvalue weighted by atomic mass is 9.95. The van der Waals surface area contributed by atoms with Crippen molar-refractivity contribution >= 4 is 16.9 Å². The number of hydrogen-bond donors (Lipinski definition) is 2. The number of hydrogen-bond acceptors (Lipinski definition) is 6. The Bertz CT molecular complexity index is 1240. The van der Waals surface area contributed by atoms with E-state index < -0.39 is 0 Å². The van der Waals surface area contributed by atoms with Crippen LogP contribution < -0.4 is 14.8 Å². The van der Waals surface area contributed by atoms with E-state index in [9.17, 15) is 0 Å². The number of aromatic amines is 1. The highest BCUT2D eigenvalue weighted by Gasteiger charge is 2.22. The summed E-state index contributed by atoms with van der Waals surface area (Å²) in [4.78, 5) is 12.4. The molecule has 1 aromatic carbocycles. The Labute approximate surface area is 180 Å². The van der Waals surface area contributed by atoms with E-state index in [1.807, 2.05) is 24.0 Å². The van der Waals surface area contributed by atoms with Gasteiger partial charge < -0.3 is 19.8 Å². The van der Waals surface area contributed by atoms with Crippen LogP contribution in [0.15, 0.2) is 36.8 Å². The van der Waals surface area contributed by atoms with Gasteiger partial charge >= 0.3 is 0 Å². The van der Waals surface area contributed by atoms with Crippen LogP contribution in [0.25, 0.3) is 22.4 Å². The molecule has 0 saturated carbocycles. The number of benzene rings is 1. The summed E-state index contributed by atoms with van der Waals surface area (Å²) in [5, 5.41) is 9.15. The molecule has 2 N–H and O–H groups in total. The lowest BCUT2D eigenvalue weighted by Gasteiger charge is -2.26. The molecule has 8 heteroatoms. The van der Waals surface area contributed by atoms with Crippen LogP contribution in [0.2, 0.25) is 0 Å². The largest absolute Gasteiger partial charge is 0.486 e. The van der Waals surface area contributed by atoms with Gasteiger partial charge in [0.1, 0.15) is 36.7 Å². The van der Waals surface area contributed by atoms with E-state index in [-0.39, 0.29) is 6.04 Å². The predicted molar refractivity (Wildman–Crippen MR) is 119 cm³/mol. The van der Waals surface area contributed by atoms with Crippen LogP contribution in [0.5, 0.6) is 11.5 Å².